The Kier molecular flexibility index (Phi) is 4.05. The maximum absolute atomic E-state index is 12.1. The van der Waals surface area contributed by atoms with Gasteiger partial charge in [-0.15, -0.1) is 0 Å². The van der Waals surface area contributed by atoms with Gasteiger partial charge in [-0.05, 0) is 12.1 Å². The fourth-order valence-corrected chi connectivity index (χ4v) is 1.69. The van der Waals surface area contributed by atoms with Gasteiger partial charge in [0.2, 0.25) is 0 Å². The zero-order chi connectivity index (χ0) is 14.5. The molecule has 0 spiro atoms. The number of rotatable bonds is 4. The molecule has 0 radical (unpaired) electrons. The molecule has 1 aromatic carbocycles. The van der Waals surface area contributed by atoms with Gasteiger partial charge >= 0.3 is 0 Å². The molecule has 0 aliphatic carbocycles. The third kappa shape index (κ3) is 2.80. The van der Waals surface area contributed by atoms with E-state index in [0.717, 1.165) is 0 Å². The quantitative estimate of drug-likeness (QED) is 0.888. The predicted octanol–water partition coefficient (Wildman–Crippen LogP) is 1.64. The largest absolute Gasteiger partial charge is 0.497 e. The Bertz CT molecular complexity index is 679. The van der Waals surface area contributed by atoms with Gasteiger partial charge in [0.05, 0.1) is 19.9 Å². The van der Waals surface area contributed by atoms with Crippen LogP contribution in [0.2, 0.25) is 0 Å². The topological polar surface area (TPSA) is 80.4 Å². The molecule has 1 aromatic heterocycles. The van der Waals surface area contributed by atoms with Crippen molar-refractivity contribution >= 4 is 11.6 Å². The highest BCUT2D eigenvalue weighted by atomic mass is 16.5. The SMILES string of the molecule is COc1ccc(OC)c(NC(=O)c2c[nH]ccc2=O)c1. The molecule has 2 aromatic rings. The second-order valence-corrected chi connectivity index (χ2v) is 3.94. The van der Waals surface area contributed by atoms with Gasteiger partial charge in [-0.3, -0.25) is 9.59 Å². The van der Waals surface area contributed by atoms with Gasteiger partial charge < -0.3 is 19.8 Å². The van der Waals surface area contributed by atoms with E-state index in [-0.39, 0.29) is 11.0 Å². The summed E-state index contributed by atoms with van der Waals surface area (Å²) in [5.41, 5.74) is 0.0978. The van der Waals surface area contributed by atoms with Crippen molar-refractivity contribution < 1.29 is 14.3 Å². The van der Waals surface area contributed by atoms with Gasteiger partial charge in [-0.2, -0.15) is 0 Å². The van der Waals surface area contributed by atoms with Crippen LogP contribution in [0.3, 0.4) is 0 Å². The number of aromatic amines is 1. The number of H-pyrrole nitrogens is 1. The first kappa shape index (κ1) is 13.7. The van der Waals surface area contributed by atoms with Crippen LogP contribution in [0.15, 0.2) is 41.5 Å². The molecule has 0 aliphatic heterocycles. The van der Waals surface area contributed by atoms with Gasteiger partial charge in [0, 0.05) is 24.5 Å². The fourth-order valence-electron chi connectivity index (χ4n) is 1.69. The Morgan fingerprint density at radius 3 is 2.65 bits per heavy atom. The Balaban J connectivity index is 2.32. The molecule has 0 saturated carbocycles. The summed E-state index contributed by atoms with van der Waals surface area (Å²) < 4.78 is 10.2. The maximum atomic E-state index is 12.1. The summed E-state index contributed by atoms with van der Waals surface area (Å²) in [5, 5.41) is 2.63. The van der Waals surface area contributed by atoms with Crippen molar-refractivity contribution in [3.63, 3.8) is 0 Å². The molecule has 0 atom stereocenters. The Morgan fingerprint density at radius 2 is 2.00 bits per heavy atom. The van der Waals surface area contributed by atoms with Gasteiger partial charge in [0.1, 0.15) is 17.1 Å². The number of aromatic nitrogens is 1. The second-order valence-electron chi connectivity index (χ2n) is 3.94. The van der Waals surface area contributed by atoms with Crippen LogP contribution in [-0.2, 0) is 0 Å². The number of nitrogens with one attached hydrogen (secondary N) is 2. The van der Waals surface area contributed by atoms with E-state index in [0.29, 0.717) is 17.2 Å². The molecule has 20 heavy (non-hydrogen) atoms. The number of carbonyl (C=O) groups is 1. The summed E-state index contributed by atoms with van der Waals surface area (Å²) >= 11 is 0. The highest BCUT2D eigenvalue weighted by Gasteiger charge is 2.13. The smallest absolute Gasteiger partial charge is 0.261 e. The normalized spacial score (nSPS) is 9.90. The summed E-state index contributed by atoms with van der Waals surface area (Å²) in [6.45, 7) is 0. The molecule has 0 aliphatic rings. The maximum Gasteiger partial charge on any atom is 0.261 e. The van der Waals surface area contributed by atoms with Crippen LogP contribution in [0.5, 0.6) is 11.5 Å². The van der Waals surface area contributed by atoms with E-state index in [1.807, 2.05) is 0 Å². The molecule has 6 nitrogen and oxygen atoms in total. The molecular formula is C14H14N2O4. The fraction of sp³-hybridized carbons (Fsp3) is 0.143. The highest BCUT2D eigenvalue weighted by molar-refractivity contribution is 6.04. The van der Waals surface area contributed by atoms with Crippen molar-refractivity contribution in [2.45, 2.75) is 0 Å². The van der Waals surface area contributed by atoms with Crippen LogP contribution in [0, 0.1) is 0 Å². The van der Waals surface area contributed by atoms with Crippen LogP contribution >= 0.6 is 0 Å². The summed E-state index contributed by atoms with van der Waals surface area (Å²) in [6, 6.07) is 6.29. The zero-order valence-corrected chi connectivity index (χ0v) is 11.1. The van der Waals surface area contributed by atoms with Crippen molar-refractivity contribution in [1.82, 2.24) is 4.98 Å². The number of amides is 1. The Morgan fingerprint density at radius 1 is 1.20 bits per heavy atom. The Hall–Kier alpha value is -2.76. The lowest BCUT2D eigenvalue weighted by Gasteiger charge is -2.11. The lowest BCUT2D eigenvalue weighted by Crippen LogP contribution is -2.21. The molecule has 2 rings (SSSR count). The van der Waals surface area contributed by atoms with Gasteiger partial charge in [0.15, 0.2) is 5.43 Å². The molecule has 0 saturated heterocycles. The number of hydrogen-bond acceptors (Lipinski definition) is 4. The second kappa shape index (κ2) is 5.92. The van der Waals surface area contributed by atoms with E-state index in [1.165, 1.54) is 32.7 Å². The van der Waals surface area contributed by atoms with E-state index in [2.05, 4.69) is 10.3 Å². The van der Waals surface area contributed by atoms with Crippen LogP contribution in [0.4, 0.5) is 5.69 Å². The minimum atomic E-state index is -0.515. The minimum Gasteiger partial charge on any atom is -0.497 e. The molecule has 104 valence electrons. The summed E-state index contributed by atoms with van der Waals surface area (Å²) in [5.74, 6) is 0.535. The van der Waals surface area contributed by atoms with E-state index < -0.39 is 5.91 Å². The van der Waals surface area contributed by atoms with Crippen molar-refractivity contribution in [3.05, 3.63) is 52.4 Å². The molecule has 1 amide bonds. The number of anilines is 1. The average Bonchev–Trinajstić information content (AvgIpc) is 2.47. The minimum absolute atomic E-state index is 0.0253. The zero-order valence-electron chi connectivity index (χ0n) is 11.1. The number of ether oxygens (including phenoxy) is 2. The monoisotopic (exact) mass is 274 g/mol. The number of pyridine rings is 1. The highest BCUT2D eigenvalue weighted by Crippen LogP contribution is 2.29. The van der Waals surface area contributed by atoms with Gasteiger partial charge in [-0.1, -0.05) is 0 Å². The number of hydrogen-bond donors (Lipinski definition) is 2. The van der Waals surface area contributed by atoms with Gasteiger partial charge in [0.25, 0.3) is 5.91 Å². The first-order chi connectivity index (χ1) is 9.65. The summed E-state index contributed by atoms with van der Waals surface area (Å²) in [6.07, 6.45) is 2.82. The summed E-state index contributed by atoms with van der Waals surface area (Å²) in [4.78, 5) is 26.4. The van der Waals surface area contributed by atoms with Crippen LogP contribution < -0.4 is 20.2 Å². The first-order valence-corrected chi connectivity index (χ1v) is 5.86. The van der Waals surface area contributed by atoms with Crippen molar-refractivity contribution in [1.29, 1.82) is 0 Å². The number of benzene rings is 1. The van der Waals surface area contributed by atoms with E-state index >= 15 is 0 Å². The molecule has 6 heteroatoms. The van der Waals surface area contributed by atoms with E-state index in [1.54, 1.807) is 18.2 Å². The van der Waals surface area contributed by atoms with E-state index in [4.69, 9.17) is 9.47 Å². The number of methoxy groups -OCH3 is 2. The van der Waals surface area contributed by atoms with Crippen molar-refractivity contribution in [2.24, 2.45) is 0 Å². The molecule has 2 N–H and O–H groups in total. The van der Waals surface area contributed by atoms with E-state index in [9.17, 15) is 9.59 Å². The molecule has 0 unspecified atom stereocenters. The third-order valence-electron chi connectivity index (χ3n) is 2.72. The number of carbonyl (C=O) groups excluding carboxylic acids is 1. The average molecular weight is 274 g/mol. The molecular weight excluding hydrogens is 260 g/mol. The predicted molar refractivity (Wildman–Crippen MR) is 74.6 cm³/mol. The molecule has 0 bridgehead atoms. The van der Waals surface area contributed by atoms with Crippen LogP contribution in [0.1, 0.15) is 10.4 Å². The molecule has 1 heterocycles. The van der Waals surface area contributed by atoms with Crippen molar-refractivity contribution in [3.8, 4) is 11.5 Å². The third-order valence-corrected chi connectivity index (χ3v) is 2.72. The Labute approximate surface area is 115 Å². The lowest BCUT2D eigenvalue weighted by atomic mass is 10.2. The van der Waals surface area contributed by atoms with Crippen molar-refractivity contribution in [2.75, 3.05) is 19.5 Å². The first-order valence-electron chi connectivity index (χ1n) is 5.86. The van der Waals surface area contributed by atoms with Crippen LogP contribution in [-0.4, -0.2) is 25.1 Å². The van der Waals surface area contributed by atoms with Crippen LogP contribution in [0.25, 0.3) is 0 Å². The standard InChI is InChI=1S/C14H14N2O4/c1-19-9-3-4-13(20-2)11(7-9)16-14(18)10-8-15-6-5-12(10)17/h3-8H,1-2H3,(H,15,17)(H,16,18). The lowest BCUT2D eigenvalue weighted by molar-refractivity contribution is 0.102. The van der Waals surface area contributed by atoms with Gasteiger partial charge in [-0.25, -0.2) is 0 Å². The molecule has 0 fully saturated rings. The summed E-state index contributed by atoms with van der Waals surface area (Å²) in [7, 11) is 3.02.